The number of methoxy groups -OCH3 is 1. The molecule has 2 bridgehead atoms. The van der Waals surface area contributed by atoms with Crippen LogP contribution in [0.4, 0.5) is 5.69 Å². The maximum absolute atomic E-state index is 5.50. The molecule has 4 aliphatic heterocycles. The van der Waals surface area contributed by atoms with Crippen molar-refractivity contribution in [1.82, 2.24) is 15.1 Å². The van der Waals surface area contributed by atoms with Crippen LogP contribution in [0.25, 0.3) is 0 Å². The van der Waals surface area contributed by atoms with E-state index in [1.54, 1.807) is 7.11 Å². The Kier molecular flexibility index (Phi) is 6.67. The minimum Gasteiger partial charge on any atom is -0.497 e. The number of hydrogen-bond donors (Lipinski definition) is 2. The van der Waals surface area contributed by atoms with Gasteiger partial charge < -0.3 is 20.1 Å². The third kappa shape index (κ3) is 4.95. The van der Waals surface area contributed by atoms with Crippen molar-refractivity contribution in [3.05, 3.63) is 24.3 Å². The molecule has 7 heteroatoms. The highest BCUT2D eigenvalue weighted by Crippen LogP contribution is 2.36. The lowest BCUT2D eigenvalue weighted by molar-refractivity contribution is -0.0286. The molecule has 1 aromatic carbocycles. The first-order valence-electron chi connectivity index (χ1n) is 10.4. The lowest BCUT2D eigenvalue weighted by Crippen LogP contribution is -2.59. The van der Waals surface area contributed by atoms with Gasteiger partial charge >= 0.3 is 0 Å². The molecule has 6 nitrogen and oxygen atoms in total. The van der Waals surface area contributed by atoms with Crippen molar-refractivity contribution < 1.29 is 9.47 Å². The van der Waals surface area contributed by atoms with Crippen LogP contribution in [-0.4, -0.2) is 80.5 Å². The monoisotopic (exact) mass is 404 g/mol. The zero-order chi connectivity index (χ0) is 19.3. The molecule has 4 fully saturated rings. The summed E-state index contributed by atoms with van der Waals surface area (Å²) in [6.45, 7) is 8.59. The van der Waals surface area contributed by atoms with Gasteiger partial charge in [0.15, 0.2) is 5.11 Å². The molecule has 0 spiro atoms. The predicted octanol–water partition coefficient (Wildman–Crippen LogP) is 2.02. The third-order valence-electron chi connectivity index (χ3n) is 6.44. The third-order valence-corrected chi connectivity index (χ3v) is 6.68. The Morgan fingerprint density at radius 2 is 2.14 bits per heavy atom. The normalized spacial score (nSPS) is 30.0. The highest BCUT2D eigenvalue weighted by molar-refractivity contribution is 7.80. The molecule has 0 aliphatic carbocycles. The molecule has 5 rings (SSSR count). The van der Waals surface area contributed by atoms with Crippen LogP contribution in [0.15, 0.2) is 24.3 Å². The van der Waals surface area contributed by atoms with Gasteiger partial charge in [-0.05, 0) is 55.6 Å². The van der Waals surface area contributed by atoms with Gasteiger partial charge in [-0.15, -0.1) is 0 Å². The number of morpholine rings is 1. The largest absolute Gasteiger partial charge is 0.497 e. The fourth-order valence-electron chi connectivity index (χ4n) is 4.87. The molecule has 1 aromatic rings. The summed E-state index contributed by atoms with van der Waals surface area (Å²) >= 11 is 5.50. The van der Waals surface area contributed by atoms with Crippen LogP contribution in [0.2, 0.25) is 0 Å². The molecular weight excluding hydrogens is 372 g/mol. The van der Waals surface area contributed by atoms with Gasteiger partial charge in [0, 0.05) is 50.5 Å². The fourth-order valence-corrected chi connectivity index (χ4v) is 5.07. The molecule has 4 aliphatic rings. The first kappa shape index (κ1) is 19.9. The summed E-state index contributed by atoms with van der Waals surface area (Å²) in [5, 5.41) is 7.38. The van der Waals surface area contributed by atoms with Gasteiger partial charge in [-0.3, -0.25) is 9.80 Å². The quantitative estimate of drug-likeness (QED) is 0.704. The molecule has 1 unspecified atom stereocenters. The summed E-state index contributed by atoms with van der Waals surface area (Å²) < 4.78 is 10.8. The van der Waals surface area contributed by atoms with Crippen LogP contribution < -0.4 is 15.4 Å². The van der Waals surface area contributed by atoms with Crippen molar-refractivity contribution in [3.8, 4) is 5.75 Å². The lowest BCUT2D eigenvalue weighted by Gasteiger charge is -2.51. The molecule has 4 atom stereocenters. The molecule has 0 radical (unpaired) electrons. The van der Waals surface area contributed by atoms with E-state index in [9.17, 15) is 0 Å². The standard InChI is InChI=1S/C21H32N4O2S/c1-26-20-4-2-3-18(12-20)23-21(28)22-13-19-11-16-5-6-25(19)15-17(16)14-24-7-9-27-10-8-24/h2-4,12,16-17,19H,5-11,13-15H2,1H3,(H2,22,23,28)/t16-,17+,19+/m1/s1. The van der Waals surface area contributed by atoms with Gasteiger partial charge in [-0.25, -0.2) is 0 Å². The lowest BCUT2D eigenvalue weighted by atomic mass is 9.75. The van der Waals surface area contributed by atoms with E-state index in [-0.39, 0.29) is 0 Å². The zero-order valence-corrected chi connectivity index (χ0v) is 17.5. The smallest absolute Gasteiger partial charge is 0.170 e. The maximum Gasteiger partial charge on any atom is 0.170 e. The van der Waals surface area contributed by atoms with Crippen molar-refractivity contribution in [2.75, 3.05) is 64.9 Å². The highest BCUT2D eigenvalue weighted by Gasteiger charge is 2.40. The molecular formula is C21H32N4O2S. The summed E-state index contributed by atoms with van der Waals surface area (Å²) in [6.07, 6.45) is 2.63. The van der Waals surface area contributed by atoms with Gasteiger partial charge in [-0.1, -0.05) is 6.07 Å². The van der Waals surface area contributed by atoms with Crippen LogP contribution in [0.1, 0.15) is 12.8 Å². The number of thiocarbonyl (C=S) groups is 1. The SMILES string of the molecule is COc1cccc(NC(=S)NC[C@@H]2C[C@H]3CCN2C[C@@H]3CN2CCOCC2)c1. The first-order chi connectivity index (χ1) is 13.7. The zero-order valence-electron chi connectivity index (χ0n) is 16.7. The van der Waals surface area contributed by atoms with E-state index in [0.29, 0.717) is 11.2 Å². The van der Waals surface area contributed by atoms with Gasteiger partial charge in [0.2, 0.25) is 0 Å². The number of fused-ring (bicyclic) bond motifs is 3. The molecule has 4 saturated heterocycles. The average molecular weight is 405 g/mol. The van der Waals surface area contributed by atoms with E-state index in [1.807, 2.05) is 24.3 Å². The van der Waals surface area contributed by atoms with E-state index in [0.717, 1.165) is 56.1 Å². The Balaban J connectivity index is 1.23. The number of anilines is 1. The van der Waals surface area contributed by atoms with Crippen molar-refractivity contribution >= 4 is 23.0 Å². The topological polar surface area (TPSA) is 49.0 Å². The Bertz CT molecular complexity index is 668. The second-order valence-electron chi connectivity index (χ2n) is 8.17. The Hall–Kier alpha value is -1.41. The van der Waals surface area contributed by atoms with Gasteiger partial charge in [0.25, 0.3) is 0 Å². The first-order valence-corrected chi connectivity index (χ1v) is 10.8. The van der Waals surface area contributed by atoms with Crippen LogP contribution in [-0.2, 0) is 4.74 Å². The summed E-state index contributed by atoms with van der Waals surface area (Å²) in [6, 6.07) is 8.44. The summed E-state index contributed by atoms with van der Waals surface area (Å²) in [7, 11) is 1.68. The second-order valence-corrected chi connectivity index (χ2v) is 8.58. The number of nitrogens with zero attached hydrogens (tertiary/aromatic N) is 2. The van der Waals surface area contributed by atoms with E-state index < -0.39 is 0 Å². The number of rotatable bonds is 6. The minimum absolute atomic E-state index is 0.588. The molecule has 0 saturated carbocycles. The molecule has 28 heavy (non-hydrogen) atoms. The van der Waals surface area contributed by atoms with Crippen LogP contribution in [0, 0.1) is 11.8 Å². The van der Waals surface area contributed by atoms with E-state index in [4.69, 9.17) is 21.7 Å². The van der Waals surface area contributed by atoms with Crippen molar-refractivity contribution in [1.29, 1.82) is 0 Å². The Morgan fingerprint density at radius 1 is 1.29 bits per heavy atom. The van der Waals surface area contributed by atoms with Crippen molar-refractivity contribution in [2.45, 2.75) is 18.9 Å². The number of hydrogen-bond acceptors (Lipinski definition) is 5. The molecule has 2 N–H and O–H groups in total. The molecule has 4 heterocycles. The Morgan fingerprint density at radius 3 is 2.89 bits per heavy atom. The van der Waals surface area contributed by atoms with Crippen LogP contribution in [0.5, 0.6) is 5.75 Å². The second kappa shape index (κ2) is 9.39. The van der Waals surface area contributed by atoms with Crippen LogP contribution in [0.3, 0.4) is 0 Å². The van der Waals surface area contributed by atoms with Crippen LogP contribution >= 0.6 is 12.2 Å². The number of benzene rings is 1. The number of piperidine rings is 3. The fraction of sp³-hybridized carbons (Fsp3) is 0.667. The highest BCUT2D eigenvalue weighted by atomic mass is 32.1. The number of nitrogens with one attached hydrogen (secondary N) is 2. The van der Waals surface area contributed by atoms with Gasteiger partial charge in [0.1, 0.15) is 5.75 Å². The Labute approximate surface area is 173 Å². The summed E-state index contributed by atoms with van der Waals surface area (Å²) in [5.74, 6) is 2.49. The maximum atomic E-state index is 5.50. The summed E-state index contributed by atoms with van der Waals surface area (Å²) in [4.78, 5) is 5.27. The average Bonchev–Trinajstić information content (AvgIpc) is 2.74. The molecule has 154 valence electrons. The number of ether oxygens (including phenoxy) is 2. The molecule has 0 amide bonds. The van der Waals surface area contributed by atoms with Crippen molar-refractivity contribution in [3.63, 3.8) is 0 Å². The minimum atomic E-state index is 0.588. The summed E-state index contributed by atoms with van der Waals surface area (Å²) in [5.41, 5.74) is 0.952. The van der Waals surface area contributed by atoms with E-state index in [1.165, 1.54) is 32.5 Å². The predicted molar refractivity (Wildman–Crippen MR) is 116 cm³/mol. The molecule has 0 aromatic heterocycles. The van der Waals surface area contributed by atoms with E-state index in [2.05, 4.69) is 20.4 Å². The van der Waals surface area contributed by atoms with Gasteiger partial charge in [-0.2, -0.15) is 0 Å². The van der Waals surface area contributed by atoms with Gasteiger partial charge in [0.05, 0.1) is 20.3 Å². The van der Waals surface area contributed by atoms with E-state index >= 15 is 0 Å². The van der Waals surface area contributed by atoms with Crippen molar-refractivity contribution in [2.24, 2.45) is 11.8 Å².